The van der Waals surface area contributed by atoms with Gasteiger partial charge in [-0.05, 0) is 0 Å². The van der Waals surface area contributed by atoms with Crippen LogP contribution in [0.1, 0.15) is 5.56 Å². The Balaban J connectivity index is 2.39. The minimum atomic E-state index is -0.272. The number of hydrogen-bond acceptors (Lipinski definition) is 6. The summed E-state index contributed by atoms with van der Waals surface area (Å²) in [6, 6.07) is 8.78. The van der Waals surface area contributed by atoms with Crippen LogP contribution >= 0.6 is 0 Å². The molecule has 1 radical (unpaired) electrons. The van der Waals surface area contributed by atoms with E-state index in [0.29, 0.717) is 11.0 Å². The van der Waals surface area contributed by atoms with Crippen LogP contribution in [0.4, 0.5) is 5.82 Å². The van der Waals surface area contributed by atoms with Gasteiger partial charge < -0.3 is 0 Å². The summed E-state index contributed by atoms with van der Waals surface area (Å²) in [5.41, 5.74) is 6.30. The number of para-hydroxylation sites is 1. The molecule has 7 heteroatoms. The van der Waals surface area contributed by atoms with Crippen molar-refractivity contribution in [3.05, 3.63) is 46.3 Å². The summed E-state index contributed by atoms with van der Waals surface area (Å²) >= 11 is 2.62. The van der Waals surface area contributed by atoms with Crippen LogP contribution in [-0.4, -0.2) is 26.0 Å². The van der Waals surface area contributed by atoms with E-state index < -0.39 is 0 Å². The first-order chi connectivity index (χ1) is 10.1. The second kappa shape index (κ2) is 5.02. The monoisotopic (exact) mass is 343 g/mol. The Labute approximate surface area is 127 Å². The van der Waals surface area contributed by atoms with Gasteiger partial charge in [0.05, 0.1) is 0 Å². The first-order valence-corrected chi connectivity index (χ1v) is 6.73. The van der Waals surface area contributed by atoms with Crippen LogP contribution < -0.4 is 15.9 Å². The van der Waals surface area contributed by atoms with E-state index in [-0.39, 0.29) is 32.8 Å². The van der Waals surface area contributed by atoms with E-state index in [0.717, 1.165) is 0 Å². The molecule has 0 amide bonds. The number of nitriles is 1. The Morgan fingerprint density at radius 1 is 1.29 bits per heavy atom. The van der Waals surface area contributed by atoms with Gasteiger partial charge in [-0.3, -0.25) is 0 Å². The number of nitrogen functional groups attached to an aromatic ring is 1. The number of hydrogen-bond donors (Lipinski definition) is 1. The summed E-state index contributed by atoms with van der Waals surface area (Å²) in [7, 11) is 0. The molecule has 0 fully saturated rings. The van der Waals surface area contributed by atoms with E-state index in [1.54, 1.807) is 24.3 Å². The number of nitrogens with zero attached hydrogens (tertiary/aromatic N) is 3. The molecule has 0 saturated heterocycles. The van der Waals surface area contributed by atoms with E-state index in [1.807, 2.05) is 6.07 Å². The molecule has 0 bridgehead atoms. The van der Waals surface area contributed by atoms with Crippen molar-refractivity contribution in [1.29, 1.82) is 5.26 Å². The zero-order chi connectivity index (χ0) is 15.0. The fraction of sp³-hybridized carbons (Fsp3) is 0. The summed E-state index contributed by atoms with van der Waals surface area (Å²) in [6.45, 7) is 0. The Hall–Kier alpha value is -2.68. The maximum absolute atomic E-state index is 12.5. The first kappa shape index (κ1) is 13.3. The second-order valence-electron chi connectivity index (χ2n) is 4.20. The molecule has 3 rings (SSSR count). The third-order valence-corrected chi connectivity index (χ3v) is 3.35. The molecule has 0 unspecified atom stereocenters. The molecule has 2 N–H and O–H groups in total. The Bertz CT molecular complexity index is 959. The van der Waals surface area contributed by atoms with Gasteiger partial charge in [-0.15, -0.1) is 0 Å². The molecule has 2 heterocycles. The minimum absolute atomic E-state index is 0.0174. The van der Waals surface area contributed by atoms with E-state index in [9.17, 15) is 10.1 Å². The van der Waals surface area contributed by atoms with E-state index >= 15 is 0 Å². The maximum atomic E-state index is 12.5. The third-order valence-electron chi connectivity index (χ3n) is 2.96. The number of benzene rings is 1. The van der Waals surface area contributed by atoms with Gasteiger partial charge in [-0.2, -0.15) is 0 Å². The van der Waals surface area contributed by atoms with Crippen molar-refractivity contribution in [2.24, 2.45) is 0 Å². The van der Waals surface area contributed by atoms with Crippen molar-refractivity contribution in [3.63, 3.8) is 0 Å². The zero-order valence-electron chi connectivity index (χ0n) is 10.5. The number of fused-ring (bicyclic) bond motifs is 1. The normalized spacial score (nSPS) is 10.4. The van der Waals surface area contributed by atoms with Crippen LogP contribution in [0.25, 0.3) is 22.2 Å². The summed E-state index contributed by atoms with van der Waals surface area (Å²) in [4.78, 5) is 20.5. The molecule has 1 aromatic carbocycles. The van der Waals surface area contributed by atoms with Crippen molar-refractivity contribution in [3.8, 4) is 17.3 Å². The topological polar surface area (TPSA) is 106 Å². The number of aromatic nitrogens is 2. The molecule has 0 aliphatic heterocycles. The van der Waals surface area contributed by atoms with Gasteiger partial charge in [-0.1, -0.05) is 0 Å². The van der Waals surface area contributed by atoms with Gasteiger partial charge in [-0.25, -0.2) is 0 Å². The van der Waals surface area contributed by atoms with Crippen LogP contribution in [0, 0.1) is 11.3 Å². The molecule has 0 atom stereocenters. The van der Waals surface area contributed by atoms with Gasteiger partial charge in [0.2, 0.25) is 0 Å². The molecule has 0 aliphatic rings. The molecule has 21 heavy (non-hydrogen) atoms. The predicted octanol–water partition coefficient (Wildman–Crippen LogP) is 0.498. The summed E-state index contributed by atoms with van der Waals surface area (Å²) in [5.74, 6) is 0.0174. The quantitative estimate of drug-likeness (QED) is 0.646. The van der Waals surface area contributed by atoms with Gasteiger partial charge in [0.1, 0.15) is 0 Å². The molecule has 3 aromatic rings. The fourth-order valence-electron chi connectivity index (χ4n) is 2.00. The molecule has 0 spiro atoms. The number of rotatable bonds is 1. The van der Waals surface area contributed by atoms with Gasteiger partial charge in [0.15, 0.2) is 0 Å². The summed E-state index contributed by atoms with van der Waals surface area (Å²) in [5, 5.41) is 9.62. The Kier molecular flexibility index (Phi) is 3.18. The standard InChI is InChI=1S/C14H7N4O2Se/c15-5-8-11(17-14(21)18-13(8)16)9-6-20-10-4-2-1-3-7(10)12(9)19/h1-4,6H,(H2,16,17,18). The van der Waals surface area contributed by atoms with Crippen molar-refractivity contribution < 1.29 is 4.42 Å². The van der Waals surface area contributed by atoms with Crippen molar-refractivity contribution in [1.82, 2.24) is 9.97 Å². The zero-order valence-corrected chi connectivity index (χ0v) is 12.2. The van der Waals surface area contributed by atoms with Crippen LogP contribution in [0.5, 0.6) is 0 Å². The van der Waals surface area contributed by atoms with Crippen molar-refractivity contribution in [2.45, 2.75) is 0 Å². The molecular weight excluding hydrogens is 335 g/mol. The molecule has 101 valence electrons. The summed E-state index contributed by atoms with van der Waals surface area (Å²) < 4.78 is 5.69. The van der Waals surface area contributed by atoms with Gasteiger partial charge in [0.25, 0.3) is 0 Å². The van der Waals surface area contributed by atoms with Crippen LogP contribution in [0.3, 0.4) is 0 Å². The van der Waals surface area contributed by atoms with E-state index in [2.05, 4.69) is 26.0 Å². The molecular formula is C14H7N4O2Se. The van der Waals surface area contributed by atoms with E-state index in [4.69, 9.17) is 10.2 Å². The average Bonchev–Trinajstić information content (AvgIpc) is 2.47. The predicted molar refractivity (Wildman–Crippen MR) is 78.0 cm³/mol. The van der Waals surface area contributed by atoms with Crippen LogP contribution in [0.2, 0.25) is 0 Å². The first-order valence-electron chi connectivity index (χ1n) is 5.87. The van der Waals surface area contributed by atoms with E-state index in [1.165, 1.54) is 6.26 Å². The van der Waals surface area contributed by atoms with Gasteiger partial charge >= 0.3 is 127 Å². The Morgan fingerprint density at radius 2 is 2.05 bits per heavy atom. The molecule has 0 aliphatic carbocycles. The SMILES string of the molecule is N#Cc1c(N)nc([Se])nc1-c1coc2ccccc2c1=O. The van der Waals surface area contributed by atoms with Crippen molar-refractivity contribution >= 4 is 37.5 Å². The number of nitrogens with two attached hydrogens (primary N) is 1. The third kappa shape index (κ3) is 2.17. The van der Waals surface area contributed by atoms with Gasteiger partial charge in [0, 0.05) is 0 Å². The molecule has 6 nitrogen and oxygen atoms in total. The summed E-state index contributed by atoms with van der Waals surface area (Å²) in [6.07, 6.45) is 1.28. The van der Waals surface area contributed by atoms with Crippen molar-refractivity contribution in [2.75, 3.05) is 5.73 Å². The average molecular weight is 342 g/mol. The molecule has 2 aromatic heterocycles. The fourth-order valence-corrected chi connectivity index (χ4v) is 2.40. The Morgan fingerprint density at radius 3 is 2.81 bits per heavy atom. The second-order valence-corrected chi connectivity index (χ2v) is 4.97. The van der Waals surface area contributed by atoms with Crippen LogP contribution in [0.15, 0.2) is 39.7 Å². The molecule has 0 saturated carbocycles. The van der Waals surface area contributed by atoms with Crippen LogP contribution in [-0.2, 0) is 0 Å². The number of anilines is 1.